The van der Waals surface area contributed by atoms with Crippen LogP contribution in [0.2, 0.25) is 0 Å². The number of amides is 2. The first-order valence-corrected chi connectivity index (χ1v) is 12.3. The van der Waals surface area contributed by atoms with Gasteiger partial charge >= 0.3 is 11.9 Å². The van der Waals surface area contributed by atoms with Crippen LogP contribution in [0.4, 0.5) is 4.39 Å². The summed E-state index contributed by atoms with van der Waals surface area (Å²) >= 11 is 0. The highest BCUT2D eigenvalue weighted by Gasteiger charge is 2.37. The van der Waals surface area contributed by atoms with Gasteiger partial charge < -0.3 is 15.0 Å². The molecule has 0 aliphatic carbocycles. The maximum atomic E-state index is 13.9. The summed E-state index contributed by atoms with van der Waals surface area (Å²) in [6.45, 7) is 6.91. The molecule has 204 valence electrons. The first-order valence-electron chi connectivity index (χ1n) is 12.3. The quantitative estimate of drug-likeness (QED) is 0.335. The van der Waals surface area contributed by atoms with Crippen LogP contribution < -0.4 is 5.73 Å². The predicted molar refractivity (Wildman–Crippen MR) is 138 cm³/mol. The molecule has 2 aromatic carbocycles. The molecule has 0 bridgehead atoms. The van der Waals surface area contributed by atoms with Gasteiger partial charge in [-0.25, -0.2) is 9.18 Å². The zero-order valence-corrected chi connectivity index (χ0v) is 22.1. The van der Waals surface area contributed by atoms with Crippen LogP contribution in [0.15, 0.2) is 53.1 Å². The second-order valence-electron chi connectivity index (χ2n) is 9.96. The number of imide groups is 1. The van der Waals surface area contributed by atoms with Gasteiger partial charge in [0.2, 0.25) is 5.91 Å². The van der Waals surface area contributed by atoms with Gasteiger partial charge in [0.1, 0.15) is 5.82 Å². The van der Waals surface area contributed by atoms with E-state index in [9.17, 15) is 18.8 Å². The Balaban J connectivity index is 1.73. The average molecular weight is 537 g/mol. The number of para-hydroxylation sites is 1. The highest BCUT2D eigenvalue weighted by atomic mass is 19.1. The van der Waals surface area contributed by atoms with Gasteiger partial charge in [-0.3, -0.25) is 19.2 Å². The third-order valence-corrected chi connectivity index (χ3v) is 6.03. The van der Waals surface area contributed by atoms with E-state index in [0.29, 0.717) is 10.9 Å². The molecule has 0 spiro atoms. The Morgan fingerprint density at radius 3 is 2.49 bits per heavy atom. The Labute approximate surface area is 223 Å². The lowest BCUT2D eigenvalue weighted by atomic mass is 9.86. The van der Waals surface area contributed by atoms with E-state index in [1.807, 2.05) is 0 Å². The molecule has 2 heterocycles. The van der Waals surface area contributed by atoms with Crippen molar-refractivity contribution >= 4 is 28.7 Å². The number of aromatic nitrogens is 4. The molecule has 0 fully saturated rings. The van der Waals surface area contributed by atoms with Gasteiger partial charge in [-0.15, -0.1) is 0 Å². The zero-order chi connectivity index (χ0) is 28.3. The van der Waals surface area contributed by atoms with Crippen molar-refractivity contribution in [2.75, 3.05) is 6.61 Å². The molecule has 4 rings (SSSR count). The fourth-order valence-corrected chi connectivity index (χ4v) is 3.82. The number of carbonyl (C=O) groups excluding carboxylic acids is 3. The molecule has 11 nitrogen and oxygen atoms in total. The van der Waals surface area contributed by atoms with Gasteiger partial charge in [-0.1, -0.05) is 56.3 Å². The summed E-state index contributed by atoms with van der Waals surface area (Å²) < 4.78 is 24.8. The molecule has 2 aromatic heterocycles. The van der Waals surface area contributed by atoms with Crippen LogP contribution >= 0.6 is 0 Å². The molecule has 0 unspecified atom stereocenters. The largest absolute Gasteiger partial charge is 0.459 e. The van der Waals surface area contributed by atoms with Crippen molar-refractivity contribution in [3.63, 3.8) is 0 Å². The Bertz CT molecular complexity index is 1510. The van der Waals surface area contributed by atoms with Crippen molar-refractivity contribution in [3.8, 4) is 0 Å². The smallest absolute Gasteiger partial charge is 0.397 e. The topological polar surface area (TPSA) is 146 Å². The lowest BCUT2D eigenvalue weighted by Gasteiger charge is -2.30. The van der Waals surface area contributed by atoms with E-state index in [1.54, 1.807) is 68.8 Å². The third kappa shape index (κ3) is 6.01. The minimum Gasteiger partial charge on any atom is -0.459 e. The summed E-state index contributed by atoms with van der Waals surface area (Å²) in [6, 6.07) is 12.0. The van der Waals surface area contributed by atoms with E-state index in [4.69, 9.17) is 15.0 Å². The molecule has 0 aliphatic rings. The second kappa shape index (κ2) is 11.1. The van der Waals surface area contributed by atoms with Crippen molar-refractivity contribution in [2.24, 2.45) is 11.1 Å². The Hall–Kier alpha value is -4.45. The SMILES string of the molecule is CCOC(=O)c1nc(CN(C(=O)c2nn(Cc3ccc(F)cc3)c3ccccc23)C(=O)[C@@H](N)C(C)(C)C)no1. The standard InChI is InChI=1S/C27H29FN6O5/c1-5-38-26(37)23-30-20(32-39-23)15-33(25(36)22(29)27(2,3)4)24(35)21-18-8-6-7-9-19(18)34(31-21)14-16-10-12-17(28)13-11-16/h6-13,22H,5,14-15,29H2,1-4H3/t22-/m1/s1. The second-order valence-corrected chi connectivity index (χ2v) is 9.96. The number of fused-ring (bicyclic) bond motifs is 1. The number of halogens is 1. The number of nitrogens with two attached hydrogens (primary N) is 1. The van der Waals surface area contributed by atoms with Crippen LogP contribution in [0.3, 0.4) is 0 Å². The van der Waals surface area contributed by atoms with E-state index in [2.05, 4.69) is 15.2 Å². The molecule has 4 aromatic rings. The van der Waals surface area contributed by atoms with Crippen LogP contribution in [0, 0.1) is 11.2 Å². The minimum atomic E-state index is -1.05. The van der Waals surface area contributed by atoms with Crippen molar-refractivity contribution in [2.45, 2.75) is 46.8 Å². The maximum Gasteiger partial charge on any atom is 0.397 e. The number of hydrogen-bond acceptors (Lipinski definition) is 9. The molecule has 1 atom stereocenters. The van der Waals surface area contributed by atoms with E-state index in [-0.39, 0.29) is 30.5 Å². The van der Waals surface area contributed by atoms with Gasteiger partial charge in [0.25, 0.3) is 5.91 Å². The van der Waals surface area contributed by atoms with Gasteiger partial charge in [-0.05, 0) is 36.1 Å². The molecule has 0 radical (unpaired) electrons. The first kappa shape index (κ1) is 27.6. The number of carbonyl (C=O) groups is 3. The third-order valence-electron chi connectivity index (χ3n) is 6.03. The Kier molecular flexibility index (Phi) is 7.86. The van der Waals surface area contributed by atoms with Gasteiger partial charge in [0, 0.05) is 5.39 Å². The summed E-state index contributed by atoms with van der Waals surface area (Å²) in [7, 11) is 0. The lowest BCUT2D eigenvalue weighted by molar-refractivity contribution is -0.132. The summed E-state index contributed by atoms with van der Waals surface area (Å²) in [6.07, 6.45) is 0. The molecular weight excluding hydrogens is 507 g/mol. The van der Waals surface area contributed by atoms with Crippen LogP contribution in [0.5, 0.6) is 0 Å². The number of nitrogens with zero attached hydrogens (tertiary/aromatic N) is 5. The highest BCUT2D eigenvalue weighted by molar-refractivity contribution is 6.11. The summed E-state index contributed by atoms with van der Waals surface area (Å²) in [4.78, 5) is 44.4. The highest BCUT2D eigenvalue weighted by Crippen LogP contribution is 2.25. The van der Waals surface area contributed by atoms with E-state index >= 15 is 0 Å². The first-order chi connectivity index (χ1) is 18.5. The monoisotopic (exact) mass is 536 g/mol. The average Bonchev–Trinajstić information content (AvgIpc) is 3.52. The molecule has 39 heavy (non-hydrogen) atoms. The van der Waals surface area contributed by atoms with Crippen molar-refractivity contribution in [1.29, 1.82) is 0 Å². The number of rotatable bonds is 8. The predicted octanol–water partition coefficient (Wildman–Crippen LogP) is 3.33. The van der Waals surface area contributed by atoms with Crippen LogP contribution in [-0.2, 0) is 22.6 Å². The number of benzene rings is 2. The van der Waals surface area contributed by atoms with Crippen molar-refractivity contribution in [1.82, 2.24) is 24.8 Å². The van der Waals surface area contributed by atoms with Crippen molar-refractivity contribution in [3.05, 3.63) is 77.3 Å². The summed E-state index contributed by atoms with van der Waals surface area (Å²) in [5.74, 6) is -3.07. The fourth-order valence-electron chi connectivity index (χ4n) is 3.82. The zero-order valence-electron chi connectivity index (χ0n) is 22.1. The fraction of sp³-hybridized carbons (Fsp3) is 0.333. The molecule has 0 saturated heterocycles. The van der Waals surface area contributed by atoms with Crippen LogP contribution in [0.1, 0.15) is 60.3 Å². The lowest BCUT2D eigenvalue weighted by Crippen LogP contribution is -2.52. The molecule has 0 saturated carbocycles. The van der Waals surface area contributed by atoms with E-state index < -0.39 is 41.7 Å². The number of ether oxygens (including phenoxy) is 1. The van der Waals surface area contributed by atoms with Gasteiger partial charge in [-0.2, -0.15) is 10.1 Å². The molecule has 0 aliphatic heterocycles. The minimum absolute atomic E-state index is 0.0104. The van der Waals surface area contributed by atoms with Crippen LogP contribution in [-0.4, -0.2) is 55.3 Å². The number of hydrogen-bond donors (Lipinski definition) is 1. The molecule has 2 N–H and O–H groups in total. The Morgan fingerprint density at radius 1 is 1.13 bits per heavy atom. The van der Waals surface area contributed by atoms with E-state index in [0.717, 1.165) is 10.5 Å². The molecular formula is C27H29FN6O5. The maximum absolute atomic E-state index is 13.9. The van der Waals surface area contributed by atoms with Crippen molar-refractivity contribution < 1.29 is 28.0 Å². The summed E-state index contributed by atoms with van der Waals surface area (Å²) in [5, 5.41) is 8.78. The van der Waals surface area contributed by atoms with Crippen LogP contribution in [0.25, 0.3) is 10.9 Å². The normalized spacial score (nSPS) is 12.4. The van der Waals surface area contributed by atoms with Gasteiger partial charge in [0.15, 0.2) is 11.5 Å². The summed E-state index contributed by atoms with van der Waals surface area (Å²) in [5.41, 5.74) is 7.00. The Morgan fingerprint density at radius 2 is 1.82 bits per heavy atom. The molecule has 2 amide bonds. The van der Waals surface area contributed by atoms with Gasteiger partial charge in [0.05, 0.1) is 31.3 Å². The molecule has 12 heteroatoms. The van der Waals surface area contributed by atoms with E-state index in [1.165, 1.54) is 12.1 Å². The number of esters is 1.